The molecule has 0 amide bonds. The maximum atomic E-state index is 6.99. The average molecular weight is 206 g/mol. The van der Waals surface area contributed by atoms with Gasteiger partial charge in [0.15, 0.2) is 0 Å². The highest BCUT2D eigenvalue weighted by Gasteiger charge is 2.41. The third-order valence-electron chi connectivity index (χ3n) is 3.15. The Morgan fingerprint density at radius 2 is 1.93 bits per heavy atom. The summed E-state index contributed by atoms with van der Waals surface area (Å²) in [5, 5.41) is 0.769. The molecule has 0 aliphatic heterocycles. The first-order valence-electron chi connectivity index (χ1n) is 4.86. The van der Waals surface area contributed by atoms with Crippen molar-refractivity contribution in [3.05, 3.63) is 46.3 Å². The minimum Gasteiger partial charge on any atom is -0.316 e. The second-order valence-corrected chi connectivity index (χ2v) is 4.39. The molecule has 0 bridgehead atoms. The van der Waals surface area contributed by atoms with Gasteiger partial charge in [-0.05, 0) is 30.5 Å². The molecule has 0 radical (unpaired) electrons. The molecule has 1 aromatic carbocycles. The molecule has 1 fully saturated rings. The summed E-state index contributed by atoms with van der Waals surface area (Å²) in [6.07, 6.45) is 3.55. The zero-order chi connectivity index (χ0) is 10.0. The lowest BCUT2D eigenvalue weighted by molar-refractivity contribution is 0.266. The summed E-state index contributed by atoms with van der Waals surface area (Å²) in [6, 6.07) is 7.96. The van der Waals surface area contributed by atoms with Crippen LogP contribution in [0.4, 0.5) is 0 Å². The Balaban J connectivity index is 2.28. The van der Waals surface area contributed by atoms with E-state index in [4.69, 9.17) is 18.2 Å². The van der Waals surface area contributed by atoms with E-state index in [1.165, 1.54) is 12.0 Å². The van der Waals surface area contributed by atoms with Crippen LogP contribution in [0.3, 0.4) is 0 Å². The van der Waals surface area contributed by atoms with Gasteiger partial charge in [-0.25, -0.2) is 6.57 Å². The van der Waals surface area contributed by atoms with Crippen molar-refractivity contribution in [2.45, 2.75) is 24.7 Å². The molecule has 72 valence electrons. The van der Waals surface area contributed by atoms with Crippen LogP contribution < -0.4 is 0 Å². The van der Waals surface area contributed by atoms with Crippen molar-refractivity contribution < 1.29 is 0 Å². The Kier molecular flexibility index (Phi) is 2.48. The summed E-state index contributed by atoms with van der Waals surface area (Å²) >= 11 is 5.84. The van der Waals surface area contributed by atoms with E-state index in [2.05, 4.69) is 17.0 Å². The third-order valence-corrected chi connectivity index (χ3v) is 3.40. The van der Waals surface area contributed by atoms with Crippen LogP contribution in [0.2, 0.25) is 5.02 Å². The van der Waals surface area contributed by atoms with Crippen molar-refractivity contribution in [3.8, 4) is 0 Å². The Morgan fingerprint density at radius 3 is 2.36 bits per heavy atom. The van der Waals surface area contributed by atoms with Gasteiger partial charge in [0.1, 0.15) is 0 Å². The topological polar surface area (TPSA) is 4.36 Å². The zero-order valence-corrected chi connectivity index (χ0v) is 8.72. The van der Waals surface area contributed by atoms with Crippen LogP contribution in [-0.2, 0) is 5.41 Å². The van der Waals surface area contributed by atoms with Crippen LogP contribution in [0, 0.1) is 6.57 Å². The molecular formula is C12H12ClN. The van der Waals surface area contributed by atoms with Crippen molar-refractivity contribution in [1.29, 1.82) is 0 Å². The van der Waals surface area contributed by atoms with Gasteiger partial charge in [0, 0.05) is 5.02 Å². The molecule has 1 nitrogen and oxygen atoms in total. The second-order valence-electron chi connectivity index (χ2n) is 3.96. The molecule has 0 atom stereocenters. The molecule has 0 spiro atoms. The van der Waals surface area contributed by atoms with E-state index in [0.717, 1.165) is 17.9 Å². The lowest BCUT2D eigenvalue weighted by Gasteiger charge is -2.37. The lowest BCUT2D eigenvalue weighted by Crippen LogP contribution is -2.36. The molecule has 1 aliphatic carbocycles. The number of halogens is 1. The van der Waals surface area contributed by atoms with Crippen molar-refractivity contribution in [1.82, 2.24) is 0 Å². The van der Waals surface area contributed by atoms with Gasteiger partial charge in [-0.15, -0.1) is 0 Å². The SMILES string of the molecule is [C-]#[N+]CC1(c2ccc(Cl)cc2)CCC1. The quantitative estimate of drug-likeness (QED) is 0.649. The highest BCUT2D eigenvalue weighted by atomic mass is 35.5. The summed E-state index contributed by atoms with van der Waals surface area (Å²) in [6.45, 7) is 7.61. The standard InChI is InChI=1S/C12H12ClN/c1-14-9-12(7-2-8-12)10-3-5-11(13)6-4-10/h3-6H,2,7-9H2. The summed E-state index contributed by atoms with van der Waals surface area (Å²) in [5.41, 5.74) is 1.43. The summed E-state index contributed by atoms with van der Waals surface area (Å²) < 4.78 is 0. The fourth-order valence-corrected chi connectivity index (χ4v) is 2.22. The Hall–Kier alpha value is -1.00. The van der Waals surface area contributed by atoms with E-state index in [1.54, 1.807) is 0 Å². The molecular weight excluding hydrogens is 194 g/mol. The average Bonchev–Trinajstić information content (AvgIpc) is 2.13. The zero-order valence-electron chi connectivity index (χ0n) is 7.96. The van der Waals surface area contributed by atoms with Gasteiger partial charge in [0.2, 0.25) is 6.54 Å². The molecule has 2 heteroatoms. The number of hydrogen-bond acceptors (Lipinski definition) is 0. The van der Waals surface area contributed by atoms with E-state index in [-0.39, 0.29) is 5.41 Å². The molecule has 14 heavy (non-hydrogen) atoms. The monoisotopic (exact) mass is 205 g/mol. The van der Waals surface area contributed by atoms with Gasteiger partial charge in [-0.1, -0.05) is 30.2 Å². The number of nitrogens with zero attached hydrogens (tertiary/aromatic N) is 1. The van der Waals surface area contributed by atoms with E-state index < -0.39 is 0 Å². The van der Waals surface area contributed by atoms with Crippen LogP contribution in [0.1, 0.15) is 24.8 Å². The van der Waals surface area contributed by atoms with Crippen LogP contribution >= 0.6 is 11.6 Å². The van der Waals surface area contributed by atoms with Crippen molar-refractivity contribution >= 4 is 11.6 Å². The largest absolute Gasteiger partial charge is 0.316 e. The Labute approximate surface area is 89.5 Å². The van der Waals surface area contributed by atoms with E-state index >= 15 is 0 Å². The van der Waals surface area contributed by atoms with Crippen molar-refractivity contribution in [3.63, 3.8) is 0 Å². The van der Waals surface area contributed by atoms with Crippen molar-refractivity contribution in [2.75, 3.05) is 6.54 Å². The molecule has 0 heterocycles. The fraction of sp³-hybridized carbons (Fsp3) is 0.417. The maximum Gasteiger partial charge on any atom is 0.224 e. The maximum absolute atomic E-state index is 6.99. The van der Waals surface area contributed by atoms with Gasteiger partial charge >= 0.3 is 0 Å². The minimum atomic E-state index is 0.145. The molecule has 0 aromatic heterocycles. The highest BCUT2D eigenvalue weighted by molar-refractivity contribution is 6.30. The second kappa shape index (κ2) is 3.63. The predicted octanol–water partition coefficient (Wildman–Crippen LogP) is 3.68. The van der Waals surface area contributed by atoms with Crippen LogP contribution in [0.15, 0.2) is 24.3 Å². The first-order valence-corrected chi connectivity index (χ1v) is 5.24. The normalized spacial score (nSPS) is 18.3. The first kappa shape index (κ1) is 9.55. The molecule has 1 saturated carbocycles. The molecule has 1 aliphatic rings. The van der Waals surface area contributed by atoms with Gasteiger partial charge < -0.3 is 4.85 Å². The van der Waals surface area contributed by atoms with Crippen LogP contribution in [-0.4, -0.2) is 6.54 Å². The van der Waals surface area contributed by atoms with Gasteiger partial charge in [0.05, 0.1) is 5.41 Å². The molecule has 1 aromatic rings. The van der Waals surface area contributed by atoms with Crippen LogP contribution in [0.25, 0.3) is 4.85 Å². The molecule has 2 rings (SSSR count). The number of benzene rings is 1. The van der Waals surface area contributed by atoms with Gasteiger partial charge in [-0.3, -0.25) is 0 Å². The first-order chi connectivity index (χ1) is 6.77. The van der Waals surface area contributed by atoms with E-state index in [0.29, 0.717) is 6.54 Å². The Bertz CT molecular complexity index is 357. The van der Waals surface area contributed by atoms with Gasteiger partial charge in [0.25, 0.3) is 0 Å². The lowest BCUT2D eigenvalue weighted by atomic mass is 9.64. The summed E-state index contributed by atoms with van der Waals surface area (Å²) in [5.74, 6) is 0. The van der Waals surface area contributed by atoms with E-state index in [1.807, 2.05) is 12.1 Å². The summed E-state index contributed by atoms with van der Waals surface area (Å²) in [4.78, 5) is 3.55. The van der Waals surface area contributed by atoms with Crippen LogP contribution in [0.5, 0.6) is 0 Å². The smallest absolute Gasteiger partial charge is 0.224 e. The molecule has 0 unspecified atom stereocenters. The predicted molar refractivity (Wildman–Crippen MR) is 58.5 cm³/mol. The number of hydrogen-bond donors (Lipinski definition) is 0. The molecule has 0 saturated heterocycles. The minimum absolute atomic E-state index is 0.145. The van der Waals surface area contributed by atoms with Crippen molar-refractivity contribution in [2.24, 2.45) is 0 Å². The van der Waals surface area contributed by atoms with Gasteiger partial charge in [-0.2, -0.15) is 0 Å². The Morgan fingerprint density at radius 1 is 1.29 bits per heavy atom. The summed E-state index contributed by atoms with van der Waals surface area (Å²) in [7, 11) is 0. The molecule has 0 N–H and O–H groups in total. The fourth-order valence-electron chi connectivity index (χ4n) is 2.10. The van der Waals surface area contributed by atoms with E-state index in [9.17, 15) is 0 Å². The third kappa shape index (κ3) is 1.51. The highest BCUT2D eigenvalue weighted by Crippen LogP contribution is 2.44. The number of rotatable bonds is 2.